The lowest BCUT2D eigenvalue weighted by Crippen LogP contribution is -2.52. The number of carbonyl (C=O) groups is 1. The van der Waals surface area contributed by atoms with Gasteiger partial charge in [-0.1, -0.05) is 22.8 Å². The van der Waals surface area contributed by atoms with Gasteiger partial charge in [-0.3, -0.25) is 19.9 Å². The summed E-state index contributed by atoms with van der Waals surface area (Å²) in [7, 11) is 0. The van der Waals surface area contributed by atoms with E-state index in [0.717, 1.165) is 37.4 Å². The second kappa shape index (κ2) is 8.16. The molecule has 0 spiro atoms. The maximum absolute atomic E-state index is 13.1. The van der Waals surface area contributed by atoms with Crippen LogP contribution in [0, 0.1) is 12.7 Å². The van der Waals surface area contributed by atoms with Crippen molar-refractivity contribution in [1.82, 2.24) is 15.0 Å². The monoisotopic (exact) mass is 380 g/mol. The highest BCUT2D eigenvalue weighted by Gasteiger charge is 2.26. The topological polar surface area (TPSA) is 61.6 Å². The first-order chi connectivity index (χ1) is 12.4. The third-order valence-electron chi connectivity index (χ3n) is 4.62. The van der Waals surface area contributed by atoms with E-state index in [1.54, 1.807) is 19.1 Å². The lowest BCUT2D eigenvalue weighted by atomic mass is 10.1. The molecule has 140 valence electrons. The van der Waals surface area contributed by atoms with Crippen LogP contribution in [0.2, 0.25) is 5.02 Å². The van der Waals surface area contributed by atoms with Crippen LogP contribution in [0.3, 0.4) is 0 Å². The molecule has 0 saturated carbocycles. The number of piperazine rings is 1. The molecule has 0 bridgehead atoms. The number of halogens is 2. The summed E-state index contributed by atoms with van der Waals surface area (Å²) >= 11 is 6.10. The van der Waals surface area contributed by atoms with Gasteiger partial charge in [0.15, 0.2) is 0 Å². The number of nitrogens with one attached hydrogen (secondary N) is 1. The summed E-state index contributed by atoms with van der Waals surface area (Å²) in [5, 5.41) is 6.95. The second-order valence-electron chi connectivity index (χ2n) is 6.55. The Morgan fingerprint density at radius 1 is 1.35 bits per heavy atom. The first-order valence-corrected chi connectivity index (χ1v) is 8.94. The number of aromatic nitrogens is 1. The van der Waals surface area contributed by atoms with Crippen molar-refractivity contribution < 1.29 is 13.7 Å². The fourth-order valence-electron chi connectivity index (χ4n) is 3.01. The summed E-state index contributed by atoms with van der Waals surface area (Å²) in [6.45, 7) is 7.51. The molecule has 1 aliphatic rings. The summed E-state index contributed by atoms with van der Waals surface area (Å²) in [6, 6.07) is 5.91. The van der Waals surface area contributed by atoms with Crippen LogP contribution in [0.25, 0.3) is 0 Å². The van der Waals surface area contributed by atoms with Gasteiger partial charge < -0.3 is 4.52 Å². The number of rotatable bonds is 5. The van der Waals surface area contributed by atoms with E-state index in [2.05, 4.69) is 20.3 Å². The minimum atomic E-state index is -0.328. The minimum absolute atomic E-state index is 0.115. The number of carbonyl (C=O) groups excluding carboxylic acids is 1. The normalized spacial score (nSPS) is 17.2. The van der Waals surface area contributed by atoms with Crippen LogP contribution in [0.5, 0.6) is 0 Å². The fourth-order valence-corrected chi connectivity index (χ4v) is 3.24. The summed E-state index contributed by atoms with van der Waals surface area (Å²) in [5.74, 6) is -0.0783. The molecule has 0 radical (unpaired) electrons. The molecule has 1 aliphatic heterocycles. The van der Waals surface area contributed by atoms with Gasteiger partial charge in [0.25, 0.3) is 0 Å². The number of anilines is 1. The summed E-state index contributed by atoms with van der Waals surface area (Å²) < 4.78 is 18.2. The molecule has 1 aromatic carbocycles. The van der Waals surface area contributed by atoms with Crippen LogP contribution in [-0.4, -0.2) is 53.1 Å². The quantitative estimate of drug-likeness (QED) is 0.864. The predicted molar refractivity (Wildman–Crippen MR) is 97.6 cm³/mol. The SMILES string of the molecule is Cc1cc(NC(=O)[C@@H](C)N2CCN(Cc3ccc(F)cc3Cl)CC2)on1. The van der Waals surface area contributed by atoms with Gasteiger partial charge in [0.1, 0.15) is 5.82 Å². The number of aryl methyl sites for hydroxylation is 1. The Morgan fingerprint density at radius 3 is 2.69 bits per heavy atom. The Balaban J connectivity index is 1.50. The van der Waals surface area contributed by atoms with Crippen molar-refractivity contribution in [2.75, 3.05) is 31.5 Å². The molecule has 1 atom stereocenters. The van der Waals surface area contributed by atoms with Gasteiger partial charge in [0.05, 0.1) is 11.7 Å². The van der Waals surface area contributed by atoms with Gasteiger partial charge in [-0.15, -0.1) is 0 Å². The van der Waals surface area contributed by atoms with E-state index in [0.29, 0.717) is 17.5 Å². The zero-order chi connectivity index (χ0) is 18.7. The van der Waals surface area contributed by atoms with E-state index in [4.69, 9.17) is 16.1 Å². The average Bonchev–Trinajstić information content (AvgIpc) is 3.02. The first kappa shape index (κ1) is 18.8. The Labute approximate surface area is 156 Å². The summed E-state index contributed by atoms with van der Waals surface area (Å²) in [4.78, 5) is 16.7. The molecule has 8 heteroatoms. The Bertz CT molecular complexity index is 774. The molecule has 1 saturated heterocycles. The van der Waals surface area contributed by atoms with Gasteiger partial charge in [0.2, 0.25) is 11.8 Å². The molecule has 26 heavy (non-hydrogen) atoms. The van der Waals surface area contributed by atoms with E-state index in [1.165, 1.54) is 12.1 Å². The van der Waals surface area contributed by atoms with E-state index in [-0.39, 0.29) is 17.8 Å². The molecular formula is C18H22ClFN4O2. The van der Waals surface area contributed by atoms with Crippen LogP contribution in [-0.2, 0) is 11.3 Å². The third kappa shape index (κ3) is 4.60. The van der Waals surface area contributed by atoms with E-state index in [1.807, 2.05) is 6.92 Å². The van der Waals surface area contributed by atoms with Gasteiger partial charge in [0, 0.05) is 43.8 Å². The predicted octanol–water partition coefficient (Wildman–Crippen LogP) is 2.92. The van der Waals surface area contributed by atoms with Gasteiger partial charge in [-0.2, -0.15) is 0 Å². The molecule has 1 aromatic heterocycles. The second-order valence-corrected chi connectivity index (χ2v) is 6.95. The van der Waals surface area contributed by atoms with Crippen molar-refractivity contribution in [1.29, 1.82) is 0 Å². The molecule has 2 aromatic rings. The number of hydrogen-bond donors (Lipinski definition) is 1. The zero-order valence-corrected chi connectivity index (χ0v) is 15.6. The third-order valence-corrected chi connectivity index (χ3v) is 4.97. The number of benzene rings is 1. The average molecular weight is 381 g/mol. The number of hydrogen-bond acceptors (Lipinski definition) is 5. The molecule has 6 nitrogen and oxygen atoms in total. The maximum atomic E-state index is 13.1. The van der Waals surface area contributed by atoms with Gasteiger partial charge >= 0.3 is 0 Å². The van der Waals surface area contributed by atoms with Crippen molar-refractivity contribution in [2.24, 2.45) is 0 Å². The largest absolute Gasteiger partial charge is 0.338 e. The van der Waals surface area contributed by atoms with Crippen LogP contribution < -0.4 is 5.32 Å². The van der Waals surface area contributed by atoms with Crippen LogP contribution in [0.4, 0.5) is 10.3 Å². The molecule has 2 heterocycles. The highest BCUT2D eigenvalue weighted by Crippen LogP contribution is 2.20. The standard InChI is InChI=1S/C18H22ClFN4O2/c1-12-9-17(26-22-12)21-18(25)13(2)24-7-5-23(6-8-24)11-14-3-4-15(20)10-16(14)19/h3-4,9-10,13H,5-8,11H2,1-2H3,(H,21,25)/t13-/m1/s1. The van der Waals surface area contributed by atoms with Crippen LogP contribution >= 0.6 is 11.6 Å². The highest BCUT2D eigenvalue weighted by molar-refractivity contribution is 6.31. The zero-order valence-electron chi connectivity index (χ0n) is 14.8. The first-order valence-electron chi connectivity index (χ1n) is 8.57. The van der Waals surface area contributed by atoms with E-state index in [9.17, 15) is 9.18 Å². The smallest absolute Gasteiger partial charge is 0.243 e. The van der Waals surface area contributed by atoms with Gasteiger partial charge in [-0.25, -0.2) is 4.39 Å². The Kier molecular flexibility index (Phi) is 5.90. The lowest BCUT2D eigenvalue weighted by molar-refractivity contribution is -0.121. The Hall–Kier alpha value is -1.96. The van der Waals surface area contributed by atoms with E-state index < -0.39 is 0 Å². The number of amides is 1. The molecule has 0 aliphatic carbocycles. The van der Waals surface area contributed by atoms with Crippen LogP contribution in [0.15, 0.2) is 28.8 Å². The highest BCUT2D eigenvalue weighted by atomic mass is 35.5. The van der Waals surface area contributed by atoms with Crippen molar-refractivity contribution in [3.63, 3.8) is 0 Å². The molecular weight excluding hydrogens is 359 g/mol. The van der Waals surface area contributed by atoms with Crippen molar-refractivity contribution in [3.05, 3.63) is 46.4 Å². The van der Waals surface area contributed by atoms with Crippen molar-refractivity contribution in [2.45, 2.75) is 26.4 Å². The summed E-state index contributed by atoms with van der Waals surface area (Å²) in [5.41, 5.74) is 1.63. The minimum Gasteiger partial charge on any atom is -0.338 e. The fraction of sp³-hybridized carbons (Fsp3) is 0.444. The van der Waals surface area contributed by atoms with Crippen LogP contribution in [0.1, 0.15) is 18.2 Å². The molecule has 1 N–H and O–H groups in total. The molecule has 0 unspecified atom stereocenters. The van der Waals surface area contributed by atoms with Crippen molar-refractivity contribution in [3.8, 4) is 0 Å². The number of nitrogens with zero attached hydrogens (tertiary/aromatic N) is 3. The molecule has 3 rings (SSSR count). The van der Waals surface area contributed by atoms with E-state index >= 15 is 0 Å². The van der Waals surface area contributed by atoms with Gasteiger partial charge in [-0.05, 0) is 31.5 Å². The molecule has 1 amide bonds. The molecule has 1 fully saturated rings. The summed E-state index contributed by atoms with van der Waals surface area (Å²) in [6.07, 6.45) is 0. The maximum Gasteiger partial charge on any atom is 0.243 e. The van der Waals surface area contributed by atoms with Crippen molar-refractivity contribution >= 4 is 23.4 Å². The Morgan fingerprint density at radius 2 is 2.08 bits per heavy atom. The lowest BCUT2D eigenvalue weighted by Gasteiger charge is -2.37.